The first-order valence-electron chi connectivity index (χ1n) is 9.87. The van der Waals surface area contributed by atoms with Gasteiger partial charge < -0.3 is 0 Å². The molecule has 1 heterocycles. The minimum absolute atomic E-state index is 0.573. The third-order valence-electron chi connectivity index (χ3n) is 5.75. The topological polar surface area (TPSA) is 39.4 Å². The highest BCUT2D eigenvalue weighted by Gasteiger charge is 2.23. The minimum Gasteiger partial charge on any atom is -0.261 e. The second kappa shape index (κ2) is 8.98. The van der Waals surface area contributed by atoms with Gasteiger partial charge in [0.15, 0.2) is 6.17 Å². The molecule has 0 amide bonds. The molecule has 1 aromatic carbocycles. The van der Waals surface area contributed by atoms with Gasteiger partial charge in [0.25, 0.3) is 0 Å². The van der Waals surface area contributed by atoms with Crippen molar-refractivity contribution in [3.63, 3.8) is 0 Å². The summed E-state index contributed by atoms with van der Waals surface area (Å²) in [7, 11) is 0. The van der Waals surface area contributed by atoms with E-state index in [1.54, 1.807) is 30.5 Å². The lowest BCUT2D eigenvalue weighted by molar-refractivity contribution is 0.0364. The van der Waals surface area contributed by atoms with E-state index in [1.807, 2.05) is 6.21 Å². The van der Waals surface area contributed by atoms with Crippen LogP contribution in [0.15, 0.2) is 41.0 Å². The molecule has 1 saturated carbocycles. The summed E-state index contributed by atoms with van der Waals surface area (Å²) in [5.74, 6) is 1.71. The first-order valence-corrected chi connectivity index (χ1v) is 9.87. The lowest BCUT2D eigenvalue weighted by Gasteiger charge is -2.29. The van der Waals surface area contributed by atoms with Crippen LogP contribution in [0, 0.1) is 23.2 Å². The van der Waals surface area contributed by atoms with Crippen LogP contribution in [0.4, 0.5) is 4.48 Å². The number of aliphatic imine (C=N–C) groups is 1. The average molecular weight is 353 g/mol. The Morgan fingerprint density at radius 3 is 2.35 bits per heavy atom. The van der Waals surface area contributed by atoms with Crippen LogP contribution in [0.25, 0.3) is 0 Å². The number of hydrogen-bond donors (Lipinski definition) is 0. The van der Waals surface area contributed by atoms with Crippen LogP contribution in [0.1, 0.15) is 75.6 Å². The van der Waals surface area contributed by atoms with E-state index in [0.717, 1.165) is 35.8 Å². The molecule has 0 bridgehead atoms. The molecule has 26 heavy (non-hydrogen) atoms. The van der Waals surface area contributed by atoms with E-state index in [9.17, 15) is 4.48 Å². The zero-order chi connectivity index (χ0) is 18.4. The number of nitrogens with zero attached hydrogens (tertiary/aromatic N) is 3. The molecule has 1 atom stereocenters. The zero-order valence-corrected chi connectivity index (χ0v) is 15.6. The maximum Gasteiger partial charge on any atom is 0.175 e. The summed E-state index contributed by atoms with van der Waals surface area (Å²) in [6, 6.07) is 9.01. The van der Waals surface area contributed by atoms with E-state index < -0.39 is 6.17 Å². The minimum atomic E-state index is -0.643. The average Bonchev–Trinajstić information content (AvgIpc) is 2.68. The Morgan fingerprint density at radius 1 is 1.12 bits per heavy atom. The Hall–Kier alpha value is -2.15. The normalized spacial score (nSPS) is 25.7. The van der Waals surface area contributed by atoms with Gasteiger partial charge in [-0.1, -0.05) is 62.1 Å². The van der Waals surface area contributed by atoms with Gasteiger partial charge >= 0.3 is 0 Å². The molecule has 2 aliphatic rings. The summed E-state index contributed by atoms with van der Waals surface area (Å²) in [6.07, 6.45) is 12.8. The van der Waals surface area contributed by atoms with Crippen molar-refractivity contribution in [2.75, 3.05) is 0 Å². The SMILES string of the molecule is CCC[C@H]1CC[C@H](CCC2=CN(F)C(c3ccc(C#N)cc3)N=C2)CC1. The van der Waals surface area contributed by atoms with Crippen molar-refractivity contribution in [2.45, 2.75) is 64.5 Å². The maximum absolute atomic E-state index is 14.4. The smallest absolute Gasteiger partial charge is 0.175 e. The van der Waals surface area contributed by atoms with Crippen LogP contribution >= 0.6 is 0 Å². The van der Waals surface area contributed by atoms with E-state index in [4.69, 9.17) is 5.26 Å². The van der Waals surface area contributed by atoms with Gasteiger partial charge in [0.1, 0.15) is 0 Å². The first-order chi connectivity index (χ1) is 12.7. The summed E-state index contributed by atoms with van der Waals surface area (Å²) in [5, 5.41) is 9.55. The first kappa shape index (κ1) is 18.6. The van der Waals surface area contributed by atoms with Crippen molar-refractivity contribution < 1.29 is 4.48 Å². The Morgan fingerprint density at radius 2 is 1.77 bits per heavy atom. The Kier molecular flexibility index (Phi) is 6.44. The lowest BCUT2D eigenvalue weighted by atomic mass is 9.78. The molecule has 0 aromatic heterocycles. The maximum atomic E-state index is 14.4. The van der Waals surface area contributed by atoms with Gasteiger partial charge in [0, 0.05) is 12.4 Å². The molecular formula is C22H28FN3. The number of hydrogen-bond acceptors (Lipinski definition) is 3. The van der Waals surface area contributed by atoms with E-state index in [0.29, 0.717) is 10.7 Å². The molecule has 1 unspecified atom stereocenters. The van der Waals surface area contributed by atoms with Crippen LogP contribution in [-0.2, 0) is 0 Å². The van der Waals surface area contributed by atoms with E-state index in [2.05, 4.69) is 18.0 Å². The quantitative estimate of drug-likeness (QED) is 0.580. The zero-order valence-electron chi connectivity index (χ0n) is 15.6. The number of rotatable bonds is 6. The third kappa shape index (κ3) is 4.72. The second-order valence-electron chi connectivity index (χ2n) is 7.65. The molecule has 0 saturated heterocycles. The van der Waals surface area contributed by atoms with Crippen molar-refractivity contribution in [2.24, 2.45) is 16.8 Å². The molecule has 4 heteroatoms. The Balaban J connectivity index is 1.49. The van der Waals surface area contributed by atoms with Gasteiger partial charge in [0.05, 0.1) is 11.6 Å². The highest BCUT2D eigenvalue weighted by Crippen LogP contribution is 2.35. The van der Waals surface area contributed by atoms with Gasteiger partial charge in [-0.2, -0.15) is 10.4 Å². The highest BCUT2D eigenvalue weighted by atomic mass is 19.2. The third-order valence-corrected chi connectivity index (χ3v) is 5.75. The fourth-order valence-electron chi connectivity index (χ4n) is 4.17. The van der Waals surface area contributed by atoms with Gasteiger partial charge in [-0.05, 0) is 47.9 Å². The summed E-state index contributed by atoms with van der Waals surface area (Å²) in [4.78, 5) is 4.39. The van der Waals surface area contributed by atoms with Crippen LogP contribution in [0.5, 0.6) is 0 Å². The van der Waals surface area contributed by atoms with Crippen LogP contribution < -0.4 is 0 Å². The molecule has 0 radical (unpaired) electrons. The van der Waals surface area contributed by atoms with Crippen molar-refractivity contribution in [3.05, 3.63) is 47.2 Å². The molecule has 0 N–H and O–H groups in total. The molecule has 1 aliphatic heterocycles. The predicted molar refractivity (Wildman–Crippen MR) is 103 cm³/mol. The second-order valence-corrected chi connectivity index (χ2v) is 7.65. The van der Waals surface area contributed by atoms with E-state index >= 15 is 0 Å². The van der Waals surface area contributed by atoms with Gasteiger partial charge in [-0.25, -0.2) is 0 Å². The summed E-state index contributed by atoms with van der Waals surface area (Å²) >= 11 is 0. The number of nitriles is 1. The Bertz CT molecular complexity index is 678. The monoisotopic (exact) mass is 353 g/mol. The largest absolute Gasteiger partial charge is 0.261 e. The number of benzene rings is 1. The highest BCUT2D eigenvalue weighted by molar-refractivity contribution is 5.79. The van der Waals surface area contributed by atoms with E-state index in [-0.39, 0.29) is 0 Å². The predicted octanol–water partition coefficient (Wildman–Crippen LogP) is 6.10. The number of allylic oxidation sites excluding steroid dienone is 1. The summed E-state index contributed by atoms with van der Waals surface area (Å²) in [6.45, 7) is 2.27. The van der Waals surface area contributed by atoms with Crippen molar-refractivity contribution >= 4 is 6.21 Å². The number of halogens is 1. The van der Waals surface area contributed by atoms with Gasteiger partial charge in [-0.15, -0.1) is 0 Å². The molecule has 138 valence electrons. The molecule has 3 rings (SSSR count). The molecule has 1 aliphatic carbocycles. The Labute approximate surface area is 156 Å². The summed E-state index contributed by atoms with van der Waals surface area (Å²) in [5.41, 5.74) is 2.30. The van der Waals surface area contributed by atoms with Crippen LogP contribution in [-0.4, -0.2) is 11.3 Å². The molecule has 1 aromatic rings. The molecule has 1 fully saturated rings. The van der Waals surface area contributed by atoms with E-state index in [1.165, 1.54) is 38.5 Å². The van der Waals surface area contributed by atoms with Crippen molar-refractivity contribution in [1.82, 2.24) is 5.12 Å². The standard InChI is InChI=1S/C22H28FN3/c1-2-3-17-4-6-18(7-5-17)8-9-20-15-25-22(26(23)16-20)21-12-10-19(14-24)11-13-21/h10-13,15-18,22H,2-9H2,1H3/t17-,18-,22?. The van der Waals surface area contributed by atoms with Crippen LogP contribution in [0.3, 0.4) is 0 Å². The fraction of sp³-hybridized carbons (Fsp3) is 0.545. The van der Waals surface area contributed by atoms with Gasteiger partial charge in [0.2, 0.25) is 0 Å². The van der Waals surface area contributed by atoms with Gasteiger partial charge in [-0.3, -0.25) is 4.99 Å². The lowest BCUT2D eigenvalue weighted by Crippen LogP contribution is -2.19. The molecular weight excluding hydrogens is 325 g/mol. The van der Waals surface area contributed by atoms with Crippen LogP contribution in [0.2, 0.25) is 0 Å². The molecule has 3 nitrogen and oxygen atoms in total. The summed E-state index contributed by atoms with van der Waals surface area (Å²) < 4.78 is 14.4. The molecule has 0 spiro atoms. The van der Waals surface area contributed by atoms with Crippen molar-refractivity contribution in [3.8, 4) is 6.07 Å². The fourth-order valence-corrected chi connectivity index (χ4v) is 4.17. The van der Waals surface area contributed by atoms with Crippen molar-refractivity contribution in [1.29, 1.82) is 5.26 Å².